The van der Waals surface area contributed by atoms with Gasteiger partial charge in [-0.05, 0) is 36.8 Å². The third-order valence-electron chi connectivity index (χ3n) is 3.91. The number of halogens is 2. The molecular formula is C19H16ClFN2O4. The summed E-state index contributed by atoms with van der Waals surface area (Å²) in [5, 5.41) is 12.4. The second kappa shape index (κ2) is 7.67. The molecule has 2 aromatic rings. The van der Waals surface area contributed by atoms with Crippen molar-refractivity contribution in [1.82, 2.24) is 10.2 Å². The van der Waals surface area contributed by atoms with Crippen LogP contribution < -0.4 is 10.1 Å². The second-order valence-electron chi connectivity index (χ2n) is 5.75. The topological polar surface area (TPSA) is 78.9 Å². The van der Waals surface area contributed by atoms with Gasteiger partial charge in [0.05, 0.1) is 18.2 Å². The lowest BCUT2D eigenvalue weighted by molar-refractivity contribution is -0.123. The first-order chi connectivity index (χ1) is 12.9. The summed E-state index contributed by atoms with van der Waals surface area (Å²) in [5.74, 6) is -1.13. The number of phenols is 1. The van der Waals surface area contributed by atoms with Crippen molar-refractivity contribution in [1.29, 1.82) is 0 Å². The van der Waals surface area contributed by atoms with Gasteiger partial charge in [0.25, 0.3) is 5.91 Å². The van der Waals surface area contributed by atoms with Crippen molar-refractivity contribution in [2.24, 2.45) is 0 Å². The first kappa shape index (κ1) is 18.7. The number of aromatic hydroxyl groups is 1. The number of imide groups is 1. The van der Waals surface area contributed by atoms with Crippen LogP contribution in [-0.4, -0.2) is 28.6 Å². The SMILES string of the molecule is CCOc1cc(/C=C2\NC(=O)N(Cc3ccccc3F)C2=O)cc(Cl)c1O. The number of nitrogens with one attached hydrogen (secondary N) is 1. The quantitative estimate of drug-likeness (QED) is 0.603. The standard InChI is InChI=1S/C19H16ClFN2O4/c1-2-27-16-9-11(7-13(20)17(16)24)8-15-18(25)23(19(26)22-15)10-12-5-3-4-6-14(12)21/h3-9,24H,2,10H2,1H3,(H,22,26)/b15-8-. The smallest absolute Gasteiger partial charge is 0.329 e. The Morgan fingerprint density at radius 3 is 2.74 bits per heavy atom. The van der Waals surface area contributed by atoms with Gasteiger partial charge in [0.2, 0.25) is 0 Å². The van der Waals surface area contributed by atoms with Crippen molar-refractivity contribution >= 4 is 29.6 Å². The fourth-order valence-corrected chi connectivity index (χ4v) is 2.84. The molecule has 1 heterocycles. The minimum atomic E-state index is -0.649. The highest BCUT2D eigenvalue weighted by atomic mass is 35.5. The lowest BCUT2D eigenvalue weighted by atomic mass is 10.1. The fourth-order valence-electron chi connectivity index (χ4n) is 2.62. The summed E-state index contributed by atoms with van der Waals surface area (Å²) >= 11 is 5.98. The number of urea groups is 1. The molecule has 140 valence electrons. The van der Waals surface area contributed by atoms with Gasteiger partial charge in [0, 0.05) is 5.56 Å². The molecule has 0 atom stereocenters. The molecule has 0 aromatic heterocycles. The third-order valence-corrected chi connectivity index (χ3v) is 4.20. The van der Waals surface area contributed by atoms with Crippen molar-refractivity contribution in [2.45, 2.75) is 13.5 Å². The lowest BCUT2D eigenvalue weighted by Crippen LogP contribution is -2.30. The summed E-state index contributed by atoms with van der Waals surface area (Å²) < 4.78 is 19.1. The van der Waals surface area contributed by atoms with E-state index in [0.717, 1.165) is 4.90 Å². The van der Waals surface area contributed by atoms with Gasteiger partial charge in [-0.3, -0.25) is 9.69 Å². The largest absolute Gasteiger partial charge is 0.503 e. The molecule has 0 radical (unpaired) electrons. The first-order valence-corrected chi connectivity index (χ1v) is 8.51. The summed E-state index contributed by atoms with van der Waals surface area (Å²) in [6.45, 7) is 1.88. The molecule has 8 heteroatoms. The number of amides is 3. The number of phenolic OH excluding ortho intramolecular Hbond substituents is 1. The predicted molar refractivity (Wildman–Crippen MR) is 97.7 cm³/mol. The van der Waals surface area contributed by atoms with Crippen LogP contribution in [0.1, 0.15) is 18.1 Å². The molecule has 0 aliphatic carbocycles. The molecule has 1 saturated heterocycles. The Morgan fingerprint density at radius 1 is 1.30 bits per heavy atom. The van der Waals surface area contributed by atoms with Crippen LogP contribution in [0.5, 0.6) is 11.5 Å². The molecule has 3 amide bonds. The normalized spacial score (nSPS) is 15.4. The zero-order chi connectivity index (χ0) is 19.6. The molecule has 1 aliphatic heterocycles. The molecule has 3 rings (SSSR count). The van der Waals surface area contributed by atoms with Gasteiger partial charge < -0.3 is 15.2 Å². The van der Waals surface area contributed by atoms with Crippen molar-refractivity contribution in [3.8, 4) is 11.5 Å². The van der Waals surface area contributed by atoms with E-state index in [1.54, 1.807) is 13.0 Å². The van der Waals surface area contributed by atoms with Crippen LogP contribution in [0, 0.1) is 5.82 Å². The molecule has 0 spiro atoms. The van der Waals surface area contributed by atoms with E-state index in [4.69, 9.17) is 16.3 Å². The summed E-state index contributed by atoms with van der Waals surface area (Å²) in [5.41, 5.74) is 0.701. The molecule has 6 nitrogen and oxygen atoms in total. The number of nitrogens with zero attached hydrogens (tertiary/aromatic N) is 1. The Labute approximate surface area is 159 Å². The molecule has 1 fully saturated rings. The number of carbonyl (C=O) groups is 2. The maximum atomic E-state index is 13.8. The summed E-state index contributed by atoms with van der Waals surface area (Å²) in [7, 11) is 0. The van der Waals surface area contributed by atoms with Crippen molar-refractivity contribution < 1.29 is 23.8 Å². The van der Waals surface area contributed by atoms with Crippen LogP contribution in [0.25, 0.3) is 6.08 Å². The van der Waals surface area contributed by atoms with Gasteiger partial charge in [0.1, 0.15) is 11.5 Å². The zero-order valence-corrected chi connectivity index (χ0v) is 15.1. The first-order valence-electron chi connectivity index (χ1n) is 8.14. The Kier molecular flexibility index (Phi) is 5.32. The summed E-state index contributed by atoms with van der Waals surface area (Å²) in [6.07, 6.45) is 1.41. The van der Waals surface area contributed by atoms with E-state index in [2.05, 4.69) is 5.32 Å². The number of benzene rings is 2. The number of hydrogen-bond acceptors (Lipinski definition) is 4. The highest BCUT2D eigenvalue weighted by molar-refractivity contribution is 6.32. The summed E-state index contributed by atoms with van der Waals surface area (Å²) in [4.78, 5) is 25.6. The Morgan fingerprint density at radius 2 is 2.04 bits per heavy atom. The van der Waals surface area contributed by atoms with E-state index in [1.807, 2.05) is 0 Å². The molecule has 2 N–H and O–H groups in total. The van der Waals surface area contributed by atoms with Crippen LogP contribution in [-0.2, 0) is 11.3 Å². The van der Waals surface area contributed by atoms with E-state index < -0.39 is 17.8 Å². The Balaban J connectivity index is 1.87. The average Bonchev–Trinajstić information content (AvgIpc) is 2.88. The number of carbonyl (C=O) groups excluding carboxylic acids is 2. The number of ether oxygens (including phenoxy) is 1. The van der Waals surface area contributed by atoms with E-state index in [0.29, 0.717) is 12.2 Å². The van der Waals surface area contributed by atoms with E-state index in [-0.39, 0.29) is 34.3 Å². The van der Waals surface area contributed by atoms with Crippen molar-refractivity contribution in [2.75, 3.05) is 6.61 Å². The zero-order valence-electron chi connectivity index (χ0n) is 14.3. The van der Waals surface area contributed by atoms with Gasteiger partial charge in [0.15, 0.2) is 11.5 Å². The number of hydrogen-bond donors (Lipinski definition) is 2. The predicted octanol–water partition coefficient (Wildman–Crippen LogP) is 3.68. The van der Waals surface area contributed by atoms with E-state index in [9.17, 15) is 19.1 Å². The van der Waals surface area contributed by atoms with Crippen LogP contribution in [0.15, 0.2) is 42.1 Å². The van der Waals surface area contributed by atoms with E-state index >= 15 is 0 Å². The molecular weight excluding hydrogens is 375 g/mol. The van der Waals surface area contributed by atoms with Crippen molar-refractivity contribution in [3.05, 3.63) is 64.1 Å². The highest BCUT2D eigenvalue weighted by Gasteiger charge is 2.34. The number of rotatable bonds is 5. The molecule has 1 aliphatic rings. The average molecular weight is 391 g/mol. The van der Waals surface area contributed by atoms with Crippen LogP contribution >= 0.6 is 11.6 Å². The Hall–Kier alpha value is -3.06. The van der Waals surface area contributed by atoms with Gasteiger partial charge in [-0.2, -0.15) is 0 Å². The maximum Gasteiger partial charge on any atom is 0.329 e. The highest BCUT2D eigenvalue weighted by Crippen LogP contribution is 2.36. The minimum Gasteiger partial charge on any atom is -0.503 e. The van der Waals surface area contributed by atoms with Crippen LogP contribution in [0.3, 0.4) is 0 Å². The fraction of sp³-hybridized carbons (Fsp3) is 0.158. The van der Waals surface area contributed by atoms with Gasteiger partial charge >= 0.3 is 6.03 Å². The van der Waals surface area contributed by atoms with Crippen LogP contribution in [0.2, 0.25) is 5.02 Å². The molecule has 2 aromatic carbocycles. The molecule has 0 unspecified atom stereocenters. The Bertz CT molecular complexity index is 945. The van der Waals surface area contributed by atoms with Gasteiger partial charge in [-0.15, -0.1) is 0 Å². The minimum absolute atomic E-state index is 0.0144. The second-order valence-corrected chi connectivity index (χ2v) is 6.16. The van der Waals surface area contributed by atoms with Gasteiger partial charge in [-0.25, -0.2) is 9.18 Å². The van der Waals surface area contributed by atoms with E-state index in [1.165, 1.54) is 36.4 Å². The molecule has 27 heavy (non-hydrogen) atoms. The molecule has 0 bridgehead atoms. The lowest BCUT2D eigenvalue weighted by Gasteiger charge is -2.12. The maximum absolute atomic E-state index is 13.8. The third kappa shape index (κ3) is 3.88. The summed E-state index contributed by atoms with van der Waals surface area (Å²) in [6, 6.07) is 8.21. The monoisotopic (exact) mass is 390 g/mol. The van der Waals surface area contributed by atoms with Crippen LogP contribution in [0.4, 0.5) is 9.18 Å². The molecule has 0 saturated carbocycles. The van der Waals surface area contributed by atoms with Gasteiger partial charge in [-0.1, -0.05) is 29.8 Å². The van der Waals surface area contributed by atoms with Crippen molar-refractivity contribution in [3.63, 3.8) is 0 Å².